The van der Waals surface area contributed by atoms with Crippen molar-refractivity contribution in [2.45, 2.75) is 26.3 Å². The largest absolute Gasteiger partial charge is 0.454 e. The highest BCUT2D eigenvalue weighted by Gasteiger charge is 2.22. The zero-order valence-electron chi connectivity index (χ0n) is 15.5. The fourth-order valence-electron chi connectivity index (χ4n) is 2.10. The van der Waals surface area contributed by atoms with Crippen LogP contribution in [0.4, 0.5) is 15.3 Å². The lowest BCUT2D eigenvalue weighted by Gasteiger charge is -2.16. The number of benzene rings is 1. The maximum absolute atomic E-state index is 12.0. The molecule has 0 saturated carbocycles. The number of hydrogen-bond acceptors (Lipinski definition) is 6. The number of thioether (sulfide) groups is 1. The number of urea groups is 2. The van der Waals surface area contributed by atoms with Crippen LogP contribution in [0, 0.1) is 13.8 Å². The number of aryl methyl sites for hydroxylation is 1. The van der Waals surface area contributed by atoms with Crippen LogP contribution in [0.25, 0.3) is 0 Å². The van der Waals surface area contributed by atoms with Gasteiger partial charge in [-0.1, -0.05) is 12.1 Å². The van der Waals surface area contributed by atoms with Crippen LogP contribution in [-0.4, -0.2) is 48.6 Å². The number of rotatable bonds is 8. The van der Waals surface area contributed by atoms with Gasteiger partial charge >= 0.3 is 18.0 Å². The van der Waals surface area contributed by atoms with E-state index < -0.39 is 36.6 Å². The number of ether oxygens (including phenoxy) is 1. The van der Waals surface area contributed by atoms with Gasteiger partial charge in [0.2, 0.25) is 0 Å². The molecule has 0 spiro atoms. The monoisotopic (exact) mass is 396 g/mol. The molecule has 0 saturated heterocycles. The van der Waals surface area contributed by atoms with E-state index in [1.165, 1.54) is 11.8 Å². The molecule has 0 radical (unpaired) electrons. The van der Waals surface area contributed by atoms with Gasteiger partial charge in [0, 0.05) is 5.69 Å². The Kier molecular flexibility index (Phi) is 9.14. The summed E-state index contributed by atoms with van der Waals surface area (Å²) >= 11 is 1.48. The lowest BCUT2D eigenvalue weighted by molar-refractivity contribution is -0.150. The van der Waals surface area contributed by atoms with E-state index in [1.807, 2.05) is 26.2 Å². The van der Waals surface area contributed by atoms with Gasteiger partial charge in [-0.25, -0.2) is 14.4 Å². The zero-order valence-corrected chi connectivity index (χ0v) is 16.3. The maximum Gasteiger partial charge on any atom is 0.329 e. The molecule has 5 amide bonds. The van der Waals surface area contributed by atoms with Gasteiger partial charge in [0.25, 0.3) is 5.91 Å². The Bertz CT molecular complexity index is 711. The van der Waals surface area contributed by atoms with Crippen molar-refractivity contribution in [2.24, 2.45) is 5.73 Å². The van der Waals surface area contributed by atoms with E-state index >= 15 is 0 Å². The van der Waals surface area contributed by atoms with Crippen molar-refractivity contribution in [1.29, 1.82) is 0 Å². The van der Waals surface area contributed by atoms with Crippen LogP contribution >= 0.6 is 11.8 Å². The van der Waals surface area contributed by atoms with E-state index in [-0.39, 0.29) is 0 Å². The van der Waals surface area contributed by atoms with E-state index in [0.29, 0.717) is 17.9 Å². The molecular formula is C17H24N4O5S. The highest BCUT2D eigenvalue weighted by Crippen LogP contribution is 2.17. The van der Waals surface area contributed by atoms with E-state index in [0.717, 1.165) is 11.1 Å². The first-order valence-electron chi connectivity index (χ1n) is 8.13. The van der Waals surface area contributed by atoms with Gasteiger partial charge in [-0.2, -0.15) is 11.8 Å². The first-order chi connectivity index (χ1) is 12.7. The van der Waals surface area contributed by atoms with E-state index in [2.05, 4.69) is 16.0 Å². The summed E-state index contributed by atoms with van der Waals surface area (Å²) in [5, 5.41) is 6.89. The summed E-state index contributed by atoms with van der Waals surface area (Å²) in [4.78, 5) is 46.6. The van der Waals surface area contributed by atoms with Crippen molar-refractivity contribution in [3.63, 3.8) is 0 Å². The lowest BCUT2D eigenvalue weighted by Crippen LogP contribution is -2.46. The Morgan fingerprint density at radius 2 is 1.93 bits per heavy atom. The summed E-state index contributed by atoms with van der Waals surface area (Å²) in [6.45, 7) is 3.08. The van der Waals surface area contributed by atoms with Gasteiger partial charge in [0.1, 0.15) is 6.04 Å². The van der Waals surface area contributed by atoms with Crippen LogP contribution in [0.1, 0.15) is 17.5 Å². The van der Waals surface area contributed by atoms with Crippen LogP contribution < -0.4 is 21.7 Å². The third-order valence-corrected chi connectivity index (χ3v) is 4.31. The molecule has 5 N–H and O–H groups in total. The van der Waals surface area contributed by atoms with Crippen molar-refractivity contribution < 1.29 is 23.9 Å². The highest BCUT2D eigenvalue weighted by molar-refractivity contribution is 7.98. The first-order valence-corrected chi connectivity index (χ1v) is 9.52. The fourth-order valence-corrected chi connectivity index (χ4v) is 2.57. The third-order valence-electron chi connectivity index (χ3n) is 3.66. The molecule has 0 aliphatic heterocycles. The molecule has 0 bridgehead atoms. The van der Waals surface area contributed by atoms with Crippen molar-refractivity contribution in [3.05, 3.63) is 29.3 Å². The molecule has 1 aromatic rings. The second kappa shape index (κ2) is 11.1. The number of imide groups is 1. The molecule has 27 heavy (non-hydrogen) atoms. The average Bonchev–Trinajstić information content (AvgIpc) is 2.60. The Hall–Kier alpha value is -2.75. The standard InChI is InChI=1S/C17H24N4O5S/c1-10-5-4-6-12(11(10)2)20-17(25)21-14(22)9-26-15(23)13(7-8-27-3)19-16(18)24/h4-6,13H,7-9H2,1-3H3,(H3,18,19,24)(H2,20,21,22,25)/t13-/m1/s1. The van der Waals surface area contributed by atoms with E-state index in [4.69, 9.17) is 10.5 Å². The Morgan fingerprint density at radius 3 is 2.56 bits per heavy atom. The minimum atomic E-state index is -0.952. The molecule has 10 heteroatoms. The number of hydrogen-bond donors (Lipinski definition) is 4. The molecule has 0 aliphatic rings. The van der Waals surface area contributed by atoms with E-state index in [9.17, 15) is 19.2 Å². The van der Waals surface area contributed by atoms with Crippen LogP contribution in [0.3, 0.4) is 0 Å². The van der Waals surface area contributed by atoms with Gasteiger partial charge in [0.15, 0.2) is 6.61 Å². The zero-order chi connectivity index (χ0) is 20.4. The minimum Gasteiger partial charge on any atom is -0.454 e. The quantitative estimate of drug-likeness (QED) is 0.488. The molecule has 0 aliphatic carbocycles. The molecule has 1 aromatic carbocycles. The van der Waals surface area contributed by atoms with Gasteiger partial charge in [-0.05, 0) is 49.5 Å². The summed E-state index contributed by atoms with van der Waals surface area (Å²) in [6, 6.07) is 2.83. The summed E-state index contributed by atoms with van der Waals surface area (Å²) in [7, 11) is 0. The Balaban J connectivity index is 2.50. The number of amides is 5. The Morgan fingerprint density at radius 1 is 1.22 bits per heavy atom. The van der Waals surface area contributed by atoms with Crippen molar-refractivity contribution in [1.82, 2.24) is 10.6 Å². The van der Waals surface area contributed by atoms with Crippen LogP contribution in [-0.2, 0) is 14.3 Å². The average molecular weight is 396 g/mol. The van der Waals surface area contributed by atoms with Gasteiger partial charge < -0.3 is 21.1 Å². The van der Waals surface area contributed by atoms with Gasteiger partial charge in [0.05, 0.1) is 0 Å². The van der Waals surface area contributed by atoms with Crippen molar-refractivity contribution in [3.8, 4) is 0 Å². The molecule has 0 heterocycles. The SMILES string of the molecule is CSCC[C@@H](NC(N)=O)C(=O)OCC(=O)NC(=O)Nc1cccc(C)c1C. The van der Waals surface area contributed by atoms with Crippen LogP contribution in [0.15, 0.2) is 18.2 Å². The second-order valence-corrected chi connectivity index (χ2v) is 6.69. The first kappa shape index (κ1) is 22.3. The number of esters is 1. The highest BCUT2D eigenvalue weighted by atomic mass is 32.2. The molecule has 148 valence electrons. The summed E-state index contributed by atoms with van der Waals surface area (Å²) in [5.74, 6) is -1.01. The second-order valence-electron chi connectivity index (χ2n) is 5.70. The third kappa shape index (κ3) is 7.99. The van der Waals surface area contributed by atoms with Crippen LogP contribution in [0.2, 0.25) is 0 Å². The number of carbonyl (C=O) groups is 4. The number of nitrogens with one attached hydrogen (secondary N) is 3. The molecule has 0 fully saturated rings. The maximum atomic E-state index is 12.0. The normalized spacial score (nSPS) is 11.2. The summed E-state index contributed by atoms with van der Waals surface area (Å²) < 4.78 is 4.85. The molecule has 1 rings (SSSR count). The van der Waals surface area contributed by atoms with Crippen LogP contribution in [0.5, 0.6) is 0 Å². The molecule has 1 atom stereocenters. The lowest BCUT2D eigenvalue weighted by atomic mass is 10.1. The minimum absolute atomic E-state index is 0.303. The summed E-state index contributed by atoms with van der Waals surface area (Å²) in [6.07, 6.45) is 2.15. The van der Waals surface area contributed by atoms with Crippen molar-refractivity contribution in [2.75, 3.05) is 23.9 Å². The fraction of sp³-hybridized carbons (Fsp3) is 0.412. The summed E-state index contributed by atoms with van der Waals surface area (Å²) in [5.41, 5.74) is 7.46. The number of carbonyl (C=O) groups excluding carboxylic acids is 4. The smallest absolute Gasteiger partial charge is 0.329 e. The molecule has 0 aromatic heterocycles. The number of anilines is 1. The number of primary amides is 1. The molecule has 9 nitrogen and oxygen atoms in total. The topological polar surface area (TPSA) is 140 Å². The van der Waals surface area contributed by atoms with Gasteiger partial charge in [-0.3, -0.25) is 10.1 Å². The Labute approximate surface area is 161 Å². The van der Waals surface area contributed by atoms with Gasteiger partial charge in [-0.15, -0.1) is 0 Å². The molecular weight excluding hydrogens is 372 g/mol. The van der Waals surface area contributed by atoms with E-state index in [1.54, 1.807) is 12.1 Å². The number of nitrogens with two attached hydrogens (primary N) is 1. The molecule has 0 unspecified atom stereocenters. The van der Waals surface area contributed by atoms with Crippen molar-refractivity contribution >= 4 is 41.4 Å². The predicted molar refractivity (Wildman–Crippen MR) is 104 cm³/mol. The predicted octanol–water partition coefficient (Wildman–Crippen LogP) is 1.28.